The van der Waals surface area contributed by atoms with Gasteiger partial charge in [-0.15, -0.1) is 11.8 Å². The van der Waals surface area contributed by atoms with Gasteiger partial charge in [0.2, 0.25) is 11.8 Å². The lowest BCUT2D eigenvalue weighted by Gasteiger charge is -2.24. The van der Waals surface area contributed by atoms with Gasteiger partial charge in [-0.1, -0.05) is 18.2 Å². The first-order chi connectivity index (χ1) is 10.0. The van der Waals surface area contributed by atoms with Crippen LogP contribution >= 0.6 is 11.8 Å². The van der Waals surface area contributed by atoms with Gasteiger partial charge in [-0.2, -0.15) is 0 Å². The number of carbonyl (C=O) groups is 2. The Kier molecular flexibility index (Phi) is 5.22. The second-order valence-electron chi connectivity index (χ2n) is 4.89. The molecule has 6 heteroatoms. The number of amides is 2. The minimum absolute atomic E-state index is 0.0439. The SMILES string of the molecule is CCNC(=O)CCN1C(=O)[C@@H](C)S[C@H]1c1ccccc1F. The van der Waals surface area contributed by atoms with E-state index in [1.54, 1.807) is 23.1 Å². The van der Waals surface area contributed by atoms with E-state index in [4.69, 9.17) is 0 Å². The summed E-state index contributed by atoms with van der Waals surface area (Å²) in [5.41, 5.74) is 0.496. The summed E-state index contributed by atoms with van der Waals surface area (Å²) in [4.78, 5) is 25.4. The monoisotopic (exact) mass is 310 g/mol. The van der Waals surface area contributed by atoms with Crippen molar-refractivity contribution >= 4 is 23.6 Å². The van der Waals surface area contributed by atoms with Crippen LogP contribution in [0.1, 0.15) is 31.2 Å². The van der Waals surface area contributed by atoms with Gasteiger partial charge in [-0.3, -0.25) is 9.59 Å². The van der Waals surface area contributed by atoms with Crippen LogP contribution < -0.4 is 5.32 Å². The zero-order chi connectivity index (χ0) is 15.4. The number of nitrogens with one attached hydrogen (secondary N) is 1. The first-order valence-electron chi connectivity index (χ1n) is 7.01. The van der Waals surface area contributed by atoms with Crippen molar-refractivity contribution in [3.8, 4) is 0 Å². The molecule has 1 aromatic carbocycles. The number of thioether (sulfide) groups is 1. The third-order valence-corrected chi connectivity index (χ3v) is 4.75. The molecule has 1 fully saturated rings. The van der Waals surface area contributed by atoms with Crippen molar-refractivity contribution in [3.05, 3.63) is 35.6 Å². The molecule has 1 aliphatic heterocycles. The Morgan fingerprint density at radius 2 is 2.14 bits per heavy atom. The Bertz CT molecular complexity index is 538. The molecule has 0 spiro atoms. The second kappa shape index (κ2) is 6.93. The van der Waals surface area contributed by atoms with E-state index in [9.17, 15) is 14.0 Å². The van der Waals surface area contributed by atoms with Crippen LogP contribution in [0.2, 0.25) is 0 Å². The van der Waals surface area contributed by atoms with E-state index in [1.807, 2.05) is 13.8 Å². The first-order valence-corrected chi connectivity index (χ1v) is 7.96. The average molecular weight is 310 g/mol. The molecule has 2 atom stereocenters. The lowest BCUT2D eigenvalue weighted by molar-refractivity contribution is -0.130. The molecule has 0 aliphatic carbocycles. The topological polar surface area (TPSA) is 49.4 Å². The molecule has 1 saturated heterocycles. The van der Waals surface area contributed by atoms with Crippen molar-refractivity contribution in [3.63, 3.8) is 0 Å². The van der Waals surface area contributed by atoms with E-state index < -0.39 is 0 Å². The molecule has 1 aromatic rings. The minimum atomic E-state index is -0.358. The van der Waals surface area contributed by atoms with Crippen molar-refractivity contribution in [2.24, 2.45) is 0 Å². The van der Waals surface area contributed by atoms with Crippen LogP contribution in [0.5, 0.6) is 0 Å². The van der Waals surface area contributed by atoms with E-state index >= 15 is 0 Å². The summed E-state index contributed by atoms with van der Waals surface area (Å²) in [6.07, 6.45) is 0.234. The fourth-order valence-corrected chi connectivity index (χ4v) is 3.66. The van der Waals surface area contributed by atoms with Crippen LogP contribution in [0.15, 0.2) is 24.3 Å². The molecule has 0 bridgehead atoms. The Morgan fingerprint density at radius 1 is 1.43 bits per heavy atom. The number of benzene rings is 1. The first kappa shape index (κ1) is 15.8. The second-order valence-corrected chi connectivity index (χ2v) is 6.31. The van der Waals surface area contributed by atoms with Crippen LogP contribution in [0.4, 0.5) is 4.39 Å². The molecule has 0 saturated carbocycles. The Labute approximate surface area is 128 Å². The highest BCUT2D eigenvalue weighted by Crippen LogP contribution is 2.43. The molecule has 1 aliphatic rings. The maximum atomic E-state index is 14.0. The molecule has 0 aromatic heterocycles. The van der Waals surface area contributed by atoms with Crippen LogP contribution in [0.3, 0.4) is 0 Å². The third-order valence-electron chi connectivity index (χ3n) is 3.37. The van der Waals surface area contributed by atoms with E-state index in [-0.39, 0.29) is 34.7 Å². The number of rotatable bonds is 5. The summed E-state index contributed by atoms with van der Waals surface area (Å²) < 4.78 is 14.0. The normalized spacial score (nSPS) is 21.7. The largest absolute Gasteiger partial charge is 0.356 e. The molecule has 114 valence electrons. The zero-order valence-electron chi connectivity index (χ0n) is 12.1. The molecule has 21 heavy (non-hydrogen) atoms. The van der Waals surface area contributed by atoms with Crippen LogP contribution in [-0.2, 0) is 9.59 Å². The summed E-state index contributed by atoms with van der Waals surface area (Å²) in [7, 11) is 0. The van der Waals surface area contributed by atoms with Gasteiger partial charge in [0, 0.05) is 25.1 Å². The van der Waals surface area contributed by atoms with Gasteiger partial charge in [0.05, 0.1) is 5.25 Å². The molecular formula is C15H19FN2O2S. The Balaban J connectivity index is 2.14. The van der Waals surface area contributed by atoms with Crippen molar-refractivity contribution in [1.82, 2.24) is 10.2 Å². The molecule has 2 amide bonds. The van der Waals surface area contributed by atoms with Gasteiger partial charge in [0.1, 0.15) is 11.2 Å². The summed E-state index contributed by atoms with van der Waals surface area (Å²) in [5, 5.41) is 2.13. The van der Waals surface area contributed by atoms with Gasteiger partial charge < -0.3 is 10.2 Å². The number of nitrogens with zero attached hydrogens (tertiary/aromatic N) is 1. The highest BCUT2D eigenvalue weighted by Gasteiger charge is 2.39. The number of hydrogen-bond acceptors (Lipinski definition) is 3. The number of carbonyl (C=O) groups excluding carboxylic acids is 2. The van der Waals surface area contributed by atoms with Crippen molar-refractivity contribution in [2.45, 2.75) is 30.9 Å². The van der Waals surface area contributed by atoms with E-state index in [0.717, 1.165) is 0 Å². The van der Waals surface area contributed by atoms with Crippen LogP contribution in [0.25, 0.3) is 0 Å². The molecule has 0 radical (unpaired) electrons. The van der Waals surface area contributed by atoms with Crippen LogP contribution in [-0.4, -0.2) is 35.1 Å². The molecule has 1 N–H and O–H groups in total. The summed E-state index contributed by atoms with van der Waals surface area (Å²) >= 11 is 1.42. The lowest BCUT2D eigenvalue weighted by atomic mass is 10.2. The van der Waals surface area contributed by atoms with Crippen LogP contribution in [0, 0.1) is 5.82 Å². The number of hydrogen-bond donors (Lipinski definition) is 1. The van der Waals surface area contributed by atoms with Gasteiger partial charge in [-0.05, 0) is 19.9 Å². The lowest BCUT2D eigenvalue weighted by Crippen LogP contribution is -2.34. The molecular weight excluding hydrogens is 291 g/mol. The average Bonchev–Trinajstić information content (AvgIpc) is 2.73. The molecule has 4 nitrogen and oxygen atoms in total. The fraction of sp³-hybridized carbons (Fsp3) is 0.467. The predicted molar refractivity (Wildman–Crippen MR) is 81.2 cm³/mol. The smallest absolute Gasteiger partial charge is 0.236 e. The van der Waals surface area contributed by atoms with Crippen molar-refractivity contribution in [2.75, 3.05) is 13.1 Å². The van der Waals surface area contributed by atoms with Crippen molar-refractivity contribution < 1.29 is 14.0 Å². The highest BCUT2D eigenvalue weighted by molar-refractivity contribution is 8.01. The van der Waals surface area contributed by atoms with Gasteiger partial charge in [0.25, 0.3) is 0 Å². The fourth-order valence-electron chi connectivity index (χ4n) is 2.33. The Hall–Kier alpha value is -1.56. The standard InChI is InChI=1S/C15H19FN2O2S/c1-3-17-13(19)8-9-18-14(20)10(2)21-15(18)11-6-4-5-7-12(11)16/h4-7,10,15H,3,8-9H2,1-2H3,(H,17,19)/t10-,15+/m1/s1. The minimum Gasteiger partial charge on any atom is -0.356 e. The maximum Gasteiger partial charge on any atom is 0.236 e. The maximum absolute atomic E-state index is 14.0. The van der Waals surface area contributed by atoms with E-state index in [2.05, 4.69) is 5.32 Å². The molecule has 2 rings (SSSR count). The summed E-state index contributed by atoms with van der Waals surface area (Å²) in [6, 6.07) is 6.47. The van der Waals surface area contributed by atoms with Gasteiger partial charge in [0.15, 0.2) is 0 Å². The quantitative estimate of drug-likeness (QED) is 0.908. The van der Waals surface area contributed by atoms with Crippen molar-refractivity contribution in [1.29, 1.82) is 0 Å². The Morgan fingerprint density at radius 3 is 2.81 bits per heavy atom. The molecule has 0 unspecified atom stereocenters. The summed E-state index contributed by atoms with van der Waals surface area (Å²) in [6.45, 7) is 4.53. The zero-order valence-corrected chi connectivity index (χ0v) is 13.0. The van der Waals surface area contributed by atoms with E-state index in [0.29, 0.717) is 18.7 Å². The van der Waals surface area contributed by atoms with Gasteiger partial charge in [-0.25, -0.2) is 4.39 Å². The highest BCUT2D eigenvalue weighted by atomic mass is 32.2. The summed E-state index contributed by atoms with van der Waals surface area (Å²) in [5.74, 6) is -0.459. The van der Waals surface area contributed by atoms with E-state index in [1.165, 1.54) is 17.8 Å². The predicted octanol–water partition coefficient (Wildman–Crippen LogP) is 2.31. The number of halogens is 1. The van der Waals surface area contributed by atoms with Gasteiger partial charge >= 0.3 is 0 Å². The third kappa shape index (κ3) is 3.56. The molecule has 1 heterocycles.